The van der Waals surface area contributed by atoms with E-state index >= 15 is 0 Å². The fraction of sp³-hybridized carbons (Fsp3) is 0.367. The highest BCUT2D eigenvalue weighted by Crippen LogP contribution is 2.39. The van der Waals surface area contributed by atoms with Crippen molar-refractivity contribution in [2.24, 2.45) is 19.3 Å². The second-order valence-electron chi connectivity index (χ2n) is 13.0. The summed E-state index contributed by atoms with van der Waals surface area (Å²) >= 11 is 2.67. The molecule has 3 aromatic rings. The van der Waals surface area contributed by atoms with Crippen molar-refractivity contribution in [3.63, 3.8) is 0 Å². The first-order valence-electron chi connectivity index (χ1n) is 17.0. The van der Waals surface area contributed by atoms with E-state index in [1.54, 1.807) is 0 Å². The number of oxime groups is 1. The first-order chi connectivity index (χ1) is 28.9. The number of nitrogens with one attached hydrogen (secondary N) is 4. The van der Waals surface area contributed by atoms with Gasteiger partial charge in [-0.15, -0.1) is 11.3 Å². The molecule has 0 spiro atoms. The SMILES string of the molecule is CO/N=C(\C(=O)N[C@@H]1C(=O)N2C(C(=O)N[C@@H]3C(=O)N4C(C(=O)O)=C(CSc5nc(=O)c(=O)[nH]n5C)CS(=O)[C@H]34)=C(CSc3nc(=O)c(=O)[nH]n3C)CS(=O)[C@H]12)c1csc(N)n1. The summed E-state index contributed by atoms with van der Waals surface area (Å²) in [7, 11) is -0.0874. The fourth-order valence-electron chi connectivity index (χ4n) is 6.54. The van der Waals surface area contributed by atoms with Crippen molar-refractivity contribution in [3.05, 3.63) is 75.0 Å². The number of carboxylic acids is 1. The lowest BCUT2D eigenvalue weighted by Crippen LogP contribution is -2.76. The van der Waals surface area contributed by atoms with Gasteiger partial charge < -0.3 is 26.3 Å². The standard InChI is InChI=1S/C30H29N13O13S5/c1-40-29(35-19(46)21(48)37-40)58-4-9-7-60(54)25-13(33-17(44)12(39-56-3)11-6-57-28(31)32-11)23(50)42(25)15(9)18(45)34-14-24(51)43-16(27(52)53)10(8-61(55)26(14)43)5-59-30-36-20(47)22(49)38-41(30)2/h6,13-14,25-26H,4-5,7-8H2,1-3H3,(H2,31,32)(H,33,44)(H,34,45)(H,37,48)(H,38,49)(H,52,53)/b39-12-/t13-,14-,25-,26-,60?,61?/m1/s1. The number of nitrogen functional groups attached to an aromatic ring is 1. The van der Waals surface area contributed by atoms with Gasteiger partial charge in [-0.1, -0.05) is 28.7 Å². The van der Waals surface area contributed by atoms with Crippen LogP contribution in [0.4, 0.5) is 5.13 Å². The summed E-state index contributed by atoms with van der Waals surface area (Å²) < 4.78 is 29.7. The van der Waals surface area contributed by atoms with Crippen LogP contribution in [0, 0.1) is 0 Å². The molecule has 4 amide bonds. The number of rotatable bonds is 13. The molecule has 3 aromatic heterocycles. The van der Waals surface area contributed by atoms with E-state index in [9.17, 15) is 56.7 Å². The number of hydrogen-bond donors (Lipinski definition) is 6. The summed E-state index contributed by atoms with van der Waals surface area (Å²) in [5, 5.41) is 22.1. The Morgan fingerprint density at radius 1 is 0.869 bits per heavy atom. The first kappa shape index (κ1) is 43.1. The molecule has 7 N–H and O–H groups in total. The predicted molar refractivity (Wildman–Crippen MR) is 215 cm³/mol. The average molecular weight is 940 g/mol. The van der Waals surface area contributed by atoms with E-state index in [1.807, 2.05) is 0 Å². The van der Waals surface area contributed by atoms with Crippen molar-refractivity contribution in [2.45, 2.75) is 33.1 Å². The Hall–Kier alpha value is -6.05. The maximum Gasteiger partial charge on any atom is 0.352 e. The van der Waals surface area contributed by atoms with E-state index in [2.05, 4.69) is 40.9 Å². The quantitative estimate of drug-likeness (QED) is 0.0306. The molecule has 7 heterocycles. The van der Waals surface area contributed by atoms with Gasteiger partial charge in [-0.2, -0.15) is 9.97 Å². The summed E-state index contributed by atoms with van der Waals surface area (Å²) in [6, 6.07) is -3.04. The zero-order chi connectivity index (χ0) is 44.2. The molecule has 0 bridgehead atoms. The van der Waals surface area contributed by atoms with Crippen LogP contribution in [0.1, 0.15) is 5.69 Å². The molecule has 26 nitrogen and oxygen atoms in total. The second kappa shape index (κ2) is 16.8. The molecule has 4 aliphatic rings. The number of nitrogens with two attached hydrogens (primary N) is 1. The van der Waals surface area contributed by atoms with Crippen molar-refractivity contribution >= 4 is 96.9 Å². The highest BCUT2D eigenvalue weighted by atomic mass is 32.2. The Morgan fingerprint density at radius 2 is 1.36 bits per heavy atom. The van der Waals surface area contributed by atoms with Crippen LogP contribution in [0.5, 0.6) is 0 Å². The minimum Gasteiger partial charge on any atom is -0.477 e. The number of fused-ring (bicyclic) bond motifs is 2. The molecule has 61 heavy (non-hydrogen) atoms. The topological polar surface area (TPSA) is 366 Å². The molecular weight excluding hydrogens is 911 g/mol. The number of thioether (sulfide) groups is 2. The van der Waals surface area contributed by atoms with Crippen LogP contribution in [0.3, 0.4) is 0 Å². The lowest BCUT2D eigenvalue weighted by molar-refractivity contribution is -0.151. The van der Waals surface area contributed by atoms with Gasteiger partial charge in [0.1, 0.15) is 47.0 Å². The van der Waals surface area contributed by atoms with Gasteiger partial charge in [0.05, 0.1) is 33.1 Å². The molecule has 0 radical (unpaired) electrons. The number of carbonyl (C=O) groups excluding carboxylic acids is 4. The van der Waals surface area contributed by atoms with Gasteiger partial charge in [-0.3, -0.25) is 76.1 Å². The Morgan fingerprint density at radius 3 is 1.84 bits per heavy atom. The maximum atomic E-state index is 14.3. The third kappa shape index (κ3) is 7.88. The molecule has 322 valence electrons. The number of carbonyl (C=O) groups is 5. The minimum absolute atomic E-state index is 0.00196. The second-order valence-corrected chi connectivity index (χ2v) is 18.9. The summed E-state index contributed by atoms with van der Waals surface area (Å²) in [6.45, 7) is 0. The maximum absolute atomic E-state index is 14.3. The summed E-state index contributed by atoms with van der Waals surface area (Å²) in [6.07, 6.45) is 0. The van der Waals surface area contributed by atoms with Crippen LogP contribution in [0.2, 0.25) is 0 Å². The van der Waals surface area contributed by atoms with E-state index in [1.165, 1.54) is 19.5 Å². The number of nitrogens with zero attached hydrogens (tertiary/aromatic N) is 8. The molecular formula is C30H29N13O13S5. The Labute approximate surface area is 356 Å². The van der Waals surface area contributed by atoms with Gasteiger partial charge in [0, 0.05) is 31.0 Å². The van der Waals surface area contributed by atoms with Crippen LogP contribution in [0.25, 0.3) is 0 Å². The van der Waals surface area contributed by atoms with Crippen molar-refractivity contribution in [1.82, 2.24) is 54.9 Å². The number of β-lactam (4-membered cyclic amide) rings is 2. The van der Waals surface area contributed by atoms with E-state index < -0.39 is 108 Å². The first-order valence-corrected chi connectivity index (χ1v) is 22.7. The predicted octanol–water partition coefficient (Wildman–Crippen LogP) is -5.35. The largest absolute Gasteiger partial charge is 0.477 e. The van der Waals surface area contributed by atoms with Crippen molar-refractivity contribution in [1.29, 1.82) is 0 Å². The number of amides is 4. The van der Waals surface area contributed by atoms with E-state index in [0.29, 0.717) is 0 Å². The third-order valence-corrected chi connectivity index (χ3v) is 15.4. The number of aryl methyl sites for hydroxylation is 2. The molecule has 7 rings (SSSR count). The van der Waals surface area contributed by atoms with Crippen LogP contribution >= 0.6 is 34.9 Å². The number of hydrogen-bond acceptors (Lipinski definition) is 20. The normalized spacial score (nSPS) is 23.5. The molecule has 0 aromatic carbocycles. The Bertz CT molecular complexity index is 2840. The molecule has 4 aliphatic heterocycles. The van der Waals surface area contributed by atoms with Gasteiger partial charge in [-0.25, -0.2) is 9.78 Å². The van der Waals surface area contributed by atoms with Gasteiger partial charge in [0.25, 0.3) is 23.6 Å². The number of aliphatic carboxylic acids is 1. The number of thiazole rings is 1. The molecule has 6 atom stereocenters. The Kier molecular flexibility index (Phi) is 11.8. The lowest BCUT2D eigenvalue weighted by atomic mass is 10.0. The van der Waals surface area contributed by atoms with Gasteiger partial charge in [0.2, 0.25) is 0 Å². The lowest BCUT2D eigenvalue weighted by Gasteiger charge is -2.51. The van der Waals surface area contributed by atoms with Crippen LogP contribution in [-0.4, -0.2) is 146 Å². The smallest absolute Gasteiger partial charge is 0.352 e. The molecule has 2 saturated heterocycles. The highest BCUT2D eigenvalue weighted by Gasteiger charge is 2.60. The number of carboxylic acid groups (broad SMARTS) is 1. The van der Waals surface area contributed by atoms with E-state index in [-0.39, 0.29) is 61.0 Å². The van der Waals surface area contributed by atoms with Crippen molar-refractivity contribution < 1.29 is 42.3 Å². The summed E-state index contributed by atoms with van der Waals surface area (Å²) in [5.41, 5.74) is 0.337. The third-order valence-electron chi connectivity index (χ3n) is 9.21. The Balaban J connectivity index is 1.16. The highest BCUT2D eigenvalue weighted by molar-refractivity contribution is 7.99. The minimum atomic E-state index is -2.02. The van der Waals surface area contributed by atoms with Crippen molar-refractivity contribution in [3.8, 4) is 0 Å². The number of aromatic amines is 2. The molecule has 2 fully saturated rings. The van der Waals surface area contributed by atoms with Crippen LogP contribution in [-0.2, 0) is 64.5 Å². The van der Waals surface area contributed by atoms with Crippen LogP contribution in [0.15, 0.2) is 62.6 Å². The van der Waals surface area contributed by atoms with Gasteiger partial charge in [-0.05, 0) is 11.1 Å². The summed E-state index contributed by atoms with van der Waals surface area (Å²) in [5.74, 6) is -6.67. The molecule has 2 unspecified atom stereocenters. The average Bonchev–Trinajstić information content (AvgIpc) is 3.64. The van der Waals surface area contributed by atoms with E-state index in [4.69, 9.17) is 10.6 Å². The molecule has 0 aliphatic carbocycles. The van der Waals surface area contributed by atoms with Gasteiger partial charge in [0.15, 0.2) is 21.2 Å². The van der Waals surface area contributed by atoms with Crippen molar-refractivity contribution in [2.75, 3.05) is 35.9 Å². The number of anilines is 1. The summed E-state index contributed by atoms with van der Waals surface area (Å²) in [4.78, 5) is 133. The molecule has 31 heteroatoms. The number of H-pyrrole nitrogens is 2. The van der Waals surface area contributed by atoms with Gasteiger partial charge >= 0.3 is 28.2 Å². The zero-order valence-electron chi connectivity index (χ0n) is 31.3. The zero-order valence-corrected chi connectivity index (χ0v) is 35.3. The van der Waals surface area contributed by atoms with E-state index in [0.717, 1.165) is 61.1 Å². The van der Waals surface area contributed by atoms with Crippen LogP contribution < -0.4 is 38.6 Å². The molecule has 0 saturated carbocycles. The number of aromatic nitrogens is 7. The monoisotopic (exact) mass is 939 g/mol. The fourth-order valence-corrected chi connectivity index (χ4v) is 12.6.